The molecule has 96 valence electrons. The Morgan fingerprint density at radius 2 is 2.06 bits per heavy atom. The van der Waals surface area contributed by atoms with Crippen molar-refractivity contribution < 1.29 is 0 Å². The molecule has 2 saturated carbocycles. The van der Waals surface area contributed by atoms with Crippen molar-refractivity contribution in [1.29, 1.82) is 0 Å². The van der Waals surface area contributed by atoms with Crippen molar-refractivity contribution >= 4 is 5.96 Å². The van der Waals surface area contributed by atoms with Crippen LogP contribution in [-0.2, 0) is 0 Å². The Hall–Kier alpha value is -0.990. The number of rotatable bonds is 5. The summed E-state index contributed by atoms with van der Waals surface area (Å²) in [5.41, 5.74) is 6.29. The van der Waals surface area contributed by atoms with Gasteiger partial charge >= 0.3 is 0 Å². The Bertz CT molecular complexity index is 286. The highest BCUT2D eigenvalue weighted by Gasteiger charge is 2.32. The van der Waals surface area contributed by atoms with E-state index in [-0.39, 0.29) is 0 Å². The summed E-state index contributed by atoms with van der Waals surface area (Å²) in [6.07, 6.45) is 12.1. The molecule has 0 amide bonds. The monoisotopic (exact) mass is 235 g/mol. The van der Waals surface area contributed by atoms with Crippen molar-refractivity contribution in [3.05, 3.63) is 12.7 Å². The molecule has 0 aromatic carbocycles. The number of guanidine groups is 1. The molecule has 0 unspecified atom stereocenters. The van der Waals surface area contributed by atoms with E-state index in [0.29, 0.717) is 17.4 Å². The lowest BCUT2D eigenvalue weighted by atomic mass is 9.83. The second-order valence-electron chi connectivity index (χ2n) is 5.67. The van der Waals surface area contributed by atoms with Crippen molar-refractivity contribution in [2.75, 3.05) is 6.54 Å². The fourth-order valence-corrected chi connectivity index (χ4v) is 2.92. The first-order chi connectivity index (χ1) is 8.24. The summed E-state index contributed by atoms with van der Waals surface area (Å²) in [4.78, 5) is 4.55. The first-order valence-electron chi connectivity index (χ1n) is 6.91. The van der Waals surface area contributed by atoms with E-state index in [1.54, 1.807) is 0 Å². The van der Waals surface area contributed by atoms with Gasteiger partial charge in [0, 0.05) is 12.6 Å². The van der Waals surface area contributed by atoms with Gasteiger partial charge in [-0.2, -0.15) is 0 Å². The third kappa shape index (κ3) is 3.24. The van der Waals surface area contributed by atoms with E-state index in [9.17, 15) is 0 Å². The number of nitrogens with zero attached hydrogens (tertiary/aromatic N) is 1. The van der Waals surface area contributed by atoms with E-state index in [4.69, 9.17) is 5.73 Å². The van der Waals surface area contributed by atoms with Crippen LogP contribution in [0.4, 0.5) is 0 Å². The number of allylic oxidation sites excluding steroid dienone is 1. The zero-order chi connectivity index (χ0) is 12.1. The van der Waals surface area contributed by atoms with Gasteiger partial charge in [-0.15, -0.1) is 6.58 Å². The molecule has 2 fully saturated rings. The molecule has 3 N–H and O–H groups in total. The van der Waals surface area contributed by atoms with Crippen LogP contribution in [0.15, 0.2) is 17.6 Å². The highest BCUT2D eigenvalue weighted by Crippen LogP contribution is 2.41. The maximum Gasteiger partial charge on any atom is 0.188 e. The minimum absolute atomic E-state index is 0.355. The van der Waals surface area contributed by atoms with E-state index in [1.165, 1.54) is 44.9 Å². The molecule has 0 bridgehead atoms. The minimum atomic E-state index is 0.355. The van der Waals surface area contributed by atoms with Gasteiger partial charge in [0.25, 0.3) is 0 Å². The molecular formula is C14H25N3. The van der Waals surface area contributed by atoms with Crippen LogP contribution in [0.3, 0.4) is 0 Å². The second-order valence-corrected chi connectivity index (χ2v) is 5.67. The van der Waals surface area contributed by atoms with Gasteiger partial charge in [-0.05, 0) is 43.9 Å². The van der Waals surface area contributed by atoms with Gasteiger partial charge in [0.15, 0.2) is 5.96 Å². The molecular weight excluding hydrogens is 210 g/mol. The molecule has 3 nitrogen and oxygen atoms in total. The first kappa shape index (κ1) is 12.5. The Labute approximate surface area is 105 Å². The molecule has 0 spiro atoms. The summed E-state index contributed by atoms with van der Waals surface area (Å²) in [6.45, 7) is 4.74. The maximum atomic E-state index is 5.93. The van der Waals surface area contributed by atoms with Crippen LogP contribution in [0.25, 0.3) is 0 Å². The molecule has 17 heavy (non-hydrogen) atoms. The summed E-state index contributed by atoms with van der Waals surface area (Å²) in [7, 11) is 0. The lowest BCUT2D eigenvalue weighted by Crippen LogP contribution is -2.44. The zero-order valence-corrected chi connectivity index (χ0v) is 10.8. The molecule has 0 aromatic rings. The van der Waals surface area contributed by atoms with Crippen LogP contribution in [0.1, 0.15) is 51.4 Å². The zero-order valence-electron chi connectivity index (χ0n) is 10.8. The summed E-state index contributed by atoms with van der Waals surface area (Å²) >= 11 is 0. The molecule has 0 aromatic heterocycles. The van der Waals surface area contributed by atoms with Crippen LogP contribution in [0.2, 0.25) is 0 Å². The van der Waals surface area contributed by atoms with Gasteiger partial charge in [-0.1, -0.05) is 18.9 Å². The average molecular weight is 235 g/mol. The Morgan fingerprint density at radius 1 is 1.35 bits per heavy atom. The third-order valence-electron chi connectivity index (χ3n) is 4.28. The SMILES string of the molecule is C=CCC1(CN=C(N)NC2CCC2)CCCC1. The fraction of sp³-hybridized carbons (Fsp3) is 0.786. The van der Waals surface area contributed by atoms with Crippen molar-refractivity contribution in [3.63, 3.8) is 0 Å². The molecule has 2 aliphatic rings. The summed E-state index contributed by atoms with van der Waals surface area (Å²) in [5, 5.41) is 3.30. The van der Waals surface area contributed by atoms with E-state index < -0.39 is 0 Å². The summed E-state index contributed by atoms with van der Waals surface area (Å²) < 4.78 is 0. The van der Waals surface area contributed by atoms with Crippen LogP contribution >= 0.6 is 0 Å². The predicted molar refractivity (Wildman–Crippen MR) is 73.0 cm³/mol. The molecule has 0 saturated heterocycles. The number of hydrogen-bond donors (Lipinski definition) is 2. The van der Waals surface area contributed by atoms with Crippen molar-refractivity contribution in [1.82, 2.24) is 5.32 Å². The second kappa shape index (κ2) is 5.56. The van der Waals surface area contributed by atoms with Gasteiger partial charge in [0.1, 0.15) is 0 Å². The first-order valence-corrected chi connectivity index (χ1v) is 6.91. The predicted octanol–water partition coefficient (Wildman–Crippen LogP) is 2.58. The van der Waals surface area contributed by atoms with Gasteiger partial charge in [0.05, 0.1) is 0 Å². The van der Waals surface area contributed by atoms with Crippen molar-refractivity contribution in [2.45, 2.75) is 57.4 Å². The highest BCUT2D eigenvalue weighted by molar-refractivity contribution is 5.78. The van der Waals surface area contributed by atoms with E-state index >= 15 is 0 Å². The Kier molecular flexibility index (Phi) is 4.08. The van der Waals surface area contributed by atoms with E-state index in [1.807, 2.05) is 6.08 Å². The van der Waals surface area contributed by atoms with Crippen LogP contribution < -0.4 is 11.1 Å². The smallest absolute Gasteiger partial charge is 0.188 e. The average Bonchev–Trinajstić information content (AvgIpc) is 2.71. The quantitative estimate of drug-likeness (QED) is 0.437. The lowest BCUT2D eigenvalue weighted by molar-refractivity contribution is 0.313. The standard InChI is InChI=1S/C14H25N3/c1-2-8-14(9-3-4-10-14)11-16-13(15)17-12-6-5-7-12/h2,12H,1,3-11H2,(H3,15,16,17). The van der Waals surface area contributed by atoms with Gasteiger partial charge < -0.3 is 11.1 Å². The van der Waals surface area contributed by atoms with Crippen LogP contribution in [-0.4, -0.2) is 18.5 Å². The van der Waals surface area contributed by atoms with Crippen LogP contribution in [0, 0.1) is 5.41 Å². The molecule has 3 heteroatoms. The van der Waals surface area contributed by atoms with Crippen LogP contribution in [0.5, 0.6) is 0 Å². The minimum Gasteiger partial charge on any atom is -0.370 e. The Morgan fingerprint density at radius 3 is 2.59 bits per heavy atom. The Balaban J connectivity index is 1.84. The number of hydrogen-bond acceptors (Lipinski definition) is 1. The molecule has 0 aliphatic heterocycles. The number of aliphatic imine (C=N–C) groups is 1. The fourth-order valence-electron chi connectivity index (χ4n) is 2.92. The molecule has 0 atom stereocenters. The largest absolute Gasteiger partial charge is 0.370 e. The number of nitrogens with one attached hydrogen (secondary N) is 1. The summed E-state index contributed by atoms with van der Waals surface area (Å²) in [6, 6.07) is 0.581. The molecule has 2 rings (SSSR count). The normalized spacial score (nSPS) is 24.4. The highest BCUT2D eigenvalue weighted by atomic mass is 15.1. The maximum absolute atomic E-state index is 5.93. The van der Waals surface area contributed by atoms with Gasteiger partial charge in [-0.3, -0.25) is 4.99 Å². The van der Waals surface area contributed by atoms with Gasteiger partial charge in [-0.25, -0.2) is 0 Å². The van der Waals surface area contributed by atoms with Gasteiger partial charge in [0.2, 0.25) is 0 Å². The van der Waals surface area contributed by atoms with E-state index in [2.05, 4.69) is 16.9 Å². The topological polar surface area (TPSA) is 50.4 Å². The molecule has 2 aliphatic carbocycles. The third-order valence-corrected chi connectivity index (χ3v) is 4.28. The summed E-state index contributed by atoms with van der Waals surface area (Å²) in [5.74, 6) is 0.644. The molecule has 0 radical (unpaired) electrons. The van der Waals surface area contributed by atoms with E-state index in [0.717, 1.165) is 13.0 Å². The van der Waals surface area contributed by atoms with Crippen molar-refractivity contribution in [2.24, 2.45) is 16.1 Å². The molecule has 0 heterocycles. The van der Waals surface area contributed by atoms with Crippen molar-refractivity contribution in [3.8, 4) is 0 Å². The lowest BCUT2D eigenvalue weighted by Gasteiger charge is -2.28. The number of nitrogens with two attached hydrogens (primary N) is 1.